The van der Waals surface area contributed by atoms with Crippen molar-refractivity contribution in [2.75, 3.05) is 49.6 Å². The molecule has 7 nitrogen and oxygen atoms in total. The molecule has 4 rings (SSSR count). The number of piperazine rings is 1. The van der Waals surface area contributed by atoms with Crippen LogP contribution in [0.1, 0.15) is 17.5 Å². The summed E-state index contributed by atoms with van der Waals surface area (Å²) in [6, 6.07) is 13.5. The van der Waals surface area contributed by atoms with Gasteiger partial charge < -0.3 is 24.3 Å². The lowest BCUT2D eigenvalue weighted by Gasteiger charge is -2.35. The normalized spacial score (nSPS) is 14.1. The molecule has 0 unspecified atom stereocenters. The Morgan fingerprint density at radius 3 is 2.48 bits per heavy atom. The molecule has 2 aromatic carbocycles. The van der Waals surface area contributed by atoms with E-state index in [1.54, 1.807) is 36.1 Å². The molecule has 2 heterocycles. The van der Waals surface area contributed by atoms with Gasteiger partial charge in [0.25, 0.3) is 5.91 Å². The molecule has 1 N–H and O–H groups in total. The zero-order chi connectivity index (χ0) is 21.8. The summed E-state index contributed by atoms with van der Waals surface area (Å²) < 4.78 is 24.2. The number of carbonyl (C=O) groups is 2. The van der Waals surface area contributed by atoms with Crippen molar-refractivity contribution in [2.24, 2.45) is 0 Å². The van der Waals surface area contributed by atoms with Gasteiger partial charge in [0, 0.05) is 43.9 Å². The van der Waals surface area contributed by atoms with Crippen LogP contribution >= 0.6 is 0 Å². The predicted molar refractivity (Wildman–Crippen MR) is 116 cm³/mol. The second-order valence-corrected chi connectivity index (χ2v) is 7.24. The smallest absolute Gasteiger partial charge is 0.291 e. The lowest BCUT2D eigenvalue weighted by atomic mass is 10.2. The molecule has 31 heavy (non-hydrogen) atoms. The van der Waals surface area contributed by atoms with Crippen molar-refractivity contribution >= 4 is 34.2 Å². The van der Waals surface area contributed by atoms with E-state index in [1.165, 1.54) is 12.1 Å². The van der Waals surface area contributed by atoms with Crippen molar-refractivity contribution in [3.8, 4) is 0 Å². The van der Waals surface area contributed by atoms with Crippen molar-refractivity contribution in [1.82, 2.24) is 4.90 Å². The van der Waals surface area contributed by atoms with Crippen molar-refractivity contribution < 1.29 is 23.1 Å². The Morgan fingerprint density at radius 2 is 1.77 bits per heavy atom. The Balaban J connectivity index is 1.51. The Morgan fingerprint density at radius 1 is 1.06 bits per heavy atom. The van der Waals surface area contributed by atoms with E-state index in [4.69, 9.17) is 9.15 Å². The molecule has 1 fully saturated rings. The molecule has 2 amide bonds. The van der Waals surface area contributed by atoms with Gasteiger partial charge >= 0.3 is 0 Å². The number of furan rings is 1. The number of amides is 2. The van der Waals surface area contributed by atoms with Crippen LogP contribution in [0.3, 0.4) is 0 Å². The highest BCUT2D eigenvalue weighted by atomic mass is 19.1. The minimum atomic E-state index is -0.344. The Labute approximate surface area is 179 Å². The summed E-state index contributed by atoms with van der Waals surface area (Å²) in [6.07, 6.45) is 0. The molecule has 0 spiro atoms. The summed E-state index contributed by atoms with van der Waals surface area (Å²) in [5.41, 5.74) is 1.81. The molecule has 0 saturated carbocycles. The lowest BCUT2D eigenvalue weighted by molar-refractivity contribution is -0.120. The van der Waals surface area contributed by atoms with E-state index < -0.39 is 0 Å². The van der Waals surface area contributed by atoms with Gasteiger partial charge in [-0.25, -0.2) is 4.39 Å². The van der Waals surface area contributed by atoms with E-state index in [1.807, 2.05) is 12.1 Å². The van der Waals surface area contributed by atoms with E-state index >= 15 is 0 Å². The standard InChI is InChI=1S/C23H24FN3O4/c1-2-30-15-20(28)25-21-18-5-3-4-6-19(18)31-22(21)23(29)27-13-11-26(12-14-27)17-9-7-16(24)8-10-17/h3-10H,2,11-15H2,1H3,(H,25,28). The number of rotatable bonds is 6. The second kappa shape index (κ2) is 9.18. The van der Waals surface area contributed by atoms with Crippen LogP contribution in [0, 0.1) is 5.82 Å². The largest absolute Gasteiger partial charge is 0.449 e. The topological polar surface area (TPSA) is 75.0 Å². The van der Waals surface area contributed by atoms with E-state index in [-0.39, 0.29) is 30.0 Å². The Kier molecular flexibility index (Phi) is 6.18. The zero-order valence-corrected chi connectivity index (χ0v) is 17.3. The summed E-state index contributed by atoms with van der Waals surface area (Å²) in [6.45, 7) is 4.33. The summed E-state index contributed by atoms with van der Waals surface area (Å²) in [7, 11) is 0. The number of carbonyl (C=O) groups excluding carboxylic acids is 2. The van der Waals surface area contributed by atoms with Gasteiger partial charge in [0.15, 0.2) is 0 Å². The maximum atomic E-state index is 13.3. The van der Waals surface area contributed by atoms with Gasteiger partial charge in [-0.15, -0.1) is 0 Å². The zero-order valence-electron chi connectivity index (χ0n) is 17.3. The average molecular weight is 425 g/mol. The Bertz CT molecular complexity index is 1070. The van der Waals surface area contributed by atoms with Crippen LogP contribution < -0.4 is 10.2 Å². The van der Waals surface area contributed by atoms with Crippen LogP contribution in [0.15, 0.2) is 52.9 Å². The third-order valence-electron chi connectivity index (χ3n) is 5.25. The highest BCUT2D eigenvalue weighted by Crippen LogP contribution is 2.32. The van der Waals surface area contributed by atoms with Crippen molar-refractivity contribution in [3.63, 3.8) is 0 Å². The lowest BCUT2D eigenvalue weighted by Crippen LogP contribution is -2.48. The monoisotopic (exact) mass is 425 g/mol. The van der Waals surface area contributed by atoms with Crippen LogP contribution in [-0.2, 0) is 9.53 Å². The molecule has 1 aliphatic heterocycles. The summed E-state index contributed by atoms with van der Waals surface area (Å²) in [5, 5.41) is 3.44. The fourth-order valence-electron chi connectivity index (χ4n) is 3.65. The van der Waals surface area contributed by atoms with E-state index in [2.05, 4.69) is 10.2 Å². The molecular formula is C23H24FN3O4. The number of fused-ring (bicyclic) bond motifs is 1. The number of hydrogen-bond acceptors (Lipinski definition) is 5. The minimum absolute atomic E-state index is 0.0972. The fourth-order valence-corrected chi connectivity index (χ4v) is 3.65. The third kappa shape index (κ3) is 4.54. The molecule has 0 atom stereocenters. The molecule has 0 radical (unpaired) electrons. The molecule has 162 valence electrons. The van der Waals surface area contributed by atoms with Gasteiger partial charge in [0.05, 0.1) is 0 Å². The number of halogens is 1. The van der Waals surface area contributed by atoms with Crippen LogP contribution in [-0.4, -0.2) is 56.1 Å². The van der Waals surface area contributed by atoms with Gasteiger partial charge in [-0.1, -0.05) is 12.1 Å². The van der Waals surface area contributed by atoms with E-state index in [9.17, 15) is 14.0 Å². The second-order valence-electron chi connectivity index (χ2n) is 7.24. The van der Waals surface area contributed by atoms with Crippen molar-refractivity contribution in [3.05, 3.63) is 60.1 Å². The molecular weight excluding hydrogens is 401 g/mol. The molecule has 0 aliphatic carbocycles. The number of hydrogen-bond donors (Lipinski definition) is 1. The number of benzene rings is 2. The highest BCUT2D eigenvalue weighted by Gasteiger charge is 2.29. The van der Waals surface area contributed by atoms with Crippen molar-refractivity contribution in [2.45, 2.75) is 6.92 Å². The van der Waals surface area contributed by atoms with Crippen LogP contribution in [0.25, 0.3) is 11.0 Å². The molecule has 0 bridgehead atoms. The van der Waals surface area contributed by atoms with Gasteiger partial charge in [-0.2, -0.15) is 0 Å². The number of para-hydroxylation sites is 1. The first-order chi connectivity index (χ1) is 15.1. The summed E-state index contributed by atoms with van der Waals surface area (Å²) in [5.74, 6) is -0.784. The average Bonchev–Trinajstić information content (AvgIpc) is 3.16. The number of anilines is 2. The van der Waals surface area contributed by atoms with Gasteiger partial charge in [-0.3, -0.25) is 9.59 Å². The minimum Gasteiger partial charge on any atom is -0.449 e. The van der Waals surface area contributed by atoms with Crippen LogP contribution in [0.2, 0.25) is 0 Å². The van der Waals surface area contributed by atoms with E-state index in [0.29, 0.717) is 49.4 Å². The van der Waals surface area contributed by atoms with Gasteiger partial charge in [-0.05, 0) is 43.3 Å². The van der Waals surface area contributed by atoms with Gasteiger partial charge in [0.1, 0.15) is 23.7 Å². The first kappa shape index (κ1) is 20.9. The van der Waals surface area contributed by atoms with Crippen molar-refractivity contribution in [1.29, 1.82) is 0 Å². The maximum absolute atomic E-state index is 13.3. The predicted octanol–water partition coefficient (Wildman–Crippen LogP) is 3.51. The van der Waals surface area contributed by atoms with Crippen LogP contribution in [0.4, 0.5) is 15.8 Å². The molecule has 1 saturated heterocycles. The molecule has 3 aromatic rings. The SMILES string of the molecule is CCOCC(=O)Nc1c(C(=O)N2CCN(c3ccc(F)cc3)CC2)oc2ccccc12. The number of nitrogens with zero attached hydrogens (tertiary/aromatic N) is 2. The molecule has 1 aromatic heterocycles. The first-order valence-electron chi connectivity index (χ1n) is 10.3. The third-order valence-corrected chi connectivity index (χ3v) is 5.25. The molecule has 8 heteroatoms. The summed E-state index contributed by atoms with van der Waals surface area (Å²) in [4.78, 5) is 29.3. The Hall–Kier alpha value is -3.39. The van der Waals surface area contributed by atoms with Crippen LogP contribution in [0.5, 0.6) is 0 Å². The number of ether oxygens (including phenoxy) is 1. The maximum Gasteiger partial charge on any atom is 0.291 e. The number of nitrogens with one attached hydrogen (secondary N) is 1. The summed E-state index contributed by atoms with van der Waals surface area (Å²) >= 11 is 0. The first-order valence-corrected chi connectivity index (χ1v) is 10.3. The molecule has 1 aliphatic rings. The van der Waals surface area contributed by atoms with E-state index in [0.717, 1.165) is 5.69 Å². The highest BCUT2D eigenvalue weighted by molar-refractivity contribution is 6.11. The quantitative estimate of drug-likeness (QED) is 0.654. The van der Waals surface area contributed by atoms with Gasteiger partial charge in [0.2, 0.25) is 11.7 Å². The fraction of sp³-hybridized carbons (Fsp3) is 0.304.